The Morgan fingerprint density at radius 2 is 2.17 bits per heavy atom. The van der Waals surface area contributed by atoms with E-state index >= 15 is 0 Å². The van der Waals surface area contributed by atoms with Gasteiger partial charge in [0.2, 0.25) is 5.88 Å². The molecule has 0 aliphatic rings. The lowest BCUT2D eigenvalue weighted by molar-refractivity contribution is 0.0955. The summed E-state index contributed by atoms with van der Waals surface area (Å²) in [5.41, 5.74) is 8.77. The van der Waals surface area contributed by atoms with Crippen molar-refractivity contribution in [1.29, 1.82) is 0 Å². The van der Waals surface area contributed by atoms with Crippen LogP contribution in [0.3, 0.4) is 0 Å². The topological polar surface area (TPSA) is 103 Å². The Bertz CT molecular complexity index is 886. The minimum absolute atomic E-state index is 0.0551. The molecule has 23 heavy (non-hydrogen) atoms. The van der Waals surface area contributed by atoms with Crippen LogP contribution in [0.15, 0.2) is 52.2 Å². The molecule has 7 heteroatoms. The fraction of sp³-hybridized carbons (Fsp3) is 0.0625. The van der Waals surface area contributed by atoms with Gasteiger partial charge in [-0.3, -0.25) is 4.79 Å². The molecule has 1 aromatic heterocycles. The molecule has 1 heterocycles. The van der Waals surface area contributed by atoms with Gasteiger partial charge >= 0.3 is 0 Å². The average molecular weight is 310 g/mol. The third kappa shape index (κ3) is 2.84. The molecule has 0 unspecified atom stereocenters. The third-order valence-corrected chi connectivity index (χ3v) is 3.35. The fourth-order valence-corrected chi connectivity index (χ4v) is 2.22. The Kier molecular flexibility index (Phi) is 3.92. The first-order valence-electron chi connectivity index (χ1n) is 6.80. The van der Waals surface area contributed by atoms with Gasteiger partial charge in [0.1, 0.15) is 11.3 Å². The van der Waals surface area contributed by atoms with Crippen molar-refractivity contribution in [2.45, 2.75) is 0 Å². The first-order valence-corrected chi connectivity index (χ1v) is 6.80. The molecular formula is C16H14N4O3. The van der Waals surface area contributed by atoms with Crippen molar-refractivity contribution in [3.63, 3.8) is 0 Å². The molecule has 0 aliphatic carbocycles. The average Bonchev–Trinajstić information content (AvgIpc) is 3.01. The van der Waals surface area contributed by atoms with Crippen molar-refractivity contribution >= 4 is 28.8 Å². The molecule has 0 atom stereocenters. The Labute approximate surface area is 131 Å². The van der Waals surface area contributed by atoms with Crippen molar-refractivity contribution in [1.82, 2.24) is 10.6 Å². The predicted octanol–water partition coefficient (Wildman–Crippen LogP) is 2.18. The molecule has 116 valence electrons. The number of methoxy groups -OCH3 is 1. The van der Waals surface area contributed by atoms with Gasteiger partial charge in [0.15, 0.2) is 0 Å². The zero-order valence-corrected chi connectivity index (χ0v) is 12.3. The Hall–Kier alpha value is -3.35. The van der Waals surface area contributed by atoms with Crippen LogP contribution in [-0.2, 0) is 0 Å². The second-order valence-corrected chi connectivity index (χ2v) is 4.71. The van der Waals surface area contributed by atoms with E-state index in [1.807, 2.05) is 36.4 Å². The van der Waals surface area contributed by atoms with Crippen LogP contribution in [-0.4, -0.2) is 24.4 Å². The number of nitrogens with two attached hydrogens (primary N) is 1. The molecule has 3 aromatic rings. The number of hydrazone groups is 1. The number of fused-ring (bicyclic) bond motifs is 1. The second-order valence-electron chi connectivity index (χ2n) is 4.71. The largest absolute Gasteiger partial charge is 0.496 e. The van der Waals surface area contributed by atoms with Crippen LogP contribution in [0.2, 0.25) is 0 Å². The predicted molar refractivity (Wildman–Crippen MR) is 86.5 cm³/mol. The summed E-state index contributed by atoms with van der Waals surface area (Å²) in [5, 5.41) is 9.43. The van der Waals surface area contributed by atoms with Crippen molar-refractivity contribution in [3.05, 3.63) is 53.7 Å². The normalized spacial score (nSPS) is 11.0. The molecule has 3 N–H and O–H groups in total. The van der Waals surface area contributed by atoms with Crippen molar-refractivity contribution < 1.29 is 14.1 Å². The van der Waals surface area contributed by atoms with Gasteiger partial charge < -0.3 is 15.0 Å². The lowest BCUT2D eigenvalue weighted by Crippen LogP contribution is -2.18. The summed E-state index contributed by atoms with van der Waals surface area (Å²) in [4.78, 5) is 11.9. The van der Waals surface area contributed by atoms with Gasteiger partial charge in [-0.15, -0.1) is 0 Å². The number of nitrogens with one attached hydrogen (secondary N) is 1. The van der Waals surface area contributed by atoms with Gasteiger partial charge in [-0.05, 0) is 16.8 Å². The standard InChI is InChI=1S/C16H14N4O3/c1-22-14-7-6-10-4-2-3-5-11(10)12(14)8-18-20-16(21)13-9-19-23-15(13)17/h2-9H,17H2,1H3,(H,20,21)/b18-8+. The number of anilines is 1. The number of hydrogen-bond donors (Lipinski definition) is 2. The Morgan fingerprint density at radius 3 is 2.91 bits per heavy atom. The number of carbonyl (C=O) groups is 1. The van der Waals surface area contributed by atoms with Gasteiger partial charge in [-0.1, -0.05) is 35.5 Å². The summed E-state index contributed by atoms with van der Waals surface area (Å²) in [6, 6.07) is 11.6. The first kappa shape index (κ1) is 14.6. The molecule has 0 aliphatic heterocycles. The van der Waals surface area contributed by atoms with E-state index in [2.05, 4.69) is 20.2 Å². The first-order chi connectivity index (χ1) is 11.2. The molecule has 7 nitrogen and oxygen atoms in total. The molecule has 0 radical (unpaired) electrons. The molecule has 0 saturated heterocycles. The number of aromatic nitrogens is 1. The molecule has 3 rings (SSSR count). The number of hydrogen-bond acceptors (Lipinski definition) is 6. The van der Waals surface area contributed by atoms with Crippen LogP contribution in [0, 0.1) is 0 Å². The molecule has 2 aromatic carbocycles. The van der Waals surface area contributed by atoms with Gasteiger partial charge in [-0.2, -0.15) is 5.10 Å². The highest BCUT2D eigenvalue weighted by Crippen LogP contribution is 2.26. The van der Waals surface area contributed by atoms with Crippen LogP contribution in [0.5, 0.6) is 5.75 Å². The van der Waals surface area contributed by atoms with E-state index in [1.54, 1.807) is 7.11 Å². The van der Waals surface area contributed by atoms with Crippen molar-refractivity contribution in [3.8, 4) is 5.75 Å². The van der Waals surface area contributed by atoms with Crippen LogP contribution in [0.4, 0.5) is 5.88 Å². The maximum absolute atomic E-state index is 11.9. The highest BCUT2D eigenvalue weighted by atomic mass is 16.5. The van der Waals surface area contributed by atoms with Gasteiger partial charge in [0, 0.05) is 5.56 Å². The van der Waals surface area contributed by atoms with E-state index in [0.717, 1.165) is 16.3 Å². The van der Waals surface area contributed by atoms with Crippen LogP contribution >= 0.6 is 0 Å². The minimum atomic E-state index is -0.501. The minimum Gasteiger partial charge on any atom is -0.496 e. The van der Waals surface area contributed by atoms with Gasteiger partial charge in [0.25, 0.3) is 5.91 Å². The Balaban J connectivity index is 1.89. The number of amides is 1. The van der Waals surface area contributed by atoms with Gasteiger partial charge in [0.05, 0.1) is 19.5 Å². The molecule has 0 bridgehead atoms. The summed E-state index contributed by atoms with van der Waals surface area (Å²) in [6.45, 7) is 0. The van der Waals surface area contributed by atoms with E-state index in [1.165, 1.54) is 12.4 Å². The summed E-state index contributed by atoms with van der Waals surface area (Å²) < 4.78 is 9.99. The van der Waals surface area contributed by atoms with E-state index in [9.17, 15) is 4.79 Å². The molecule has 0 spiro atoms. The number of nitrogen functional groups attached to an aromatic ring is 1. The maximum atomic E-state index is 11.9. The smallest absolute Gasteiger partial charge is 0.278 e. The molecular weight excluding hydrogens is 296 g/mol. The number of carbonyl (C=O) groups excluding carboxylic acids is 1. The summed E-state index contributed by atoms with van der Waals surface area (Å²) in [6.07, 6.45) is 2.77. The Morgan fingerprint density at radius 1 is 1.35 bits per heavy atom. The molecule has 0 saturated carbocycles. The van der Waals surface area contributed by atoms with Crippen molar-refractivity contribution in [2.75, 3.05) is 12.8 Å². The highest BCUT2D eigenvalue weighted by Gasteiger charge is 2.13. The maximum Gasteiger partial charge on any atom is 0.278 e. The zero-order chi connectivity index (χ0) is 16.2. The SMILES string of the molecule is COc1ccc2ccccc2c1/C=N/NC(=O)c1cnoc1N. The van der Waals surface area contributed by atoms with E-state index in [4.69, 9.17) is 10.5 Å². The highest BCUT2D eigenvalue weighted by molar-refractivity contribution is 6.03. The lowest BCUT2D eigenvalue weighted by atomic mass is 10.0. The second kappa shape index (κ2) is 6.18. The summed E-state index contributed by atoms with van der Waals surface area (Å²) in [5.74, 6) is 0.103. The van der Waals surface area contributed by atoms with Crippen LogP contribution < -0.4 is 15.9 Å². The lowest BCUT2D eigenvalue weighted by Gasteiger charge is -2.08. The quantitative estimate of drug-likeness (QED) is 0.568. The fourth-order valence-electron chi connectivity index (χ4n) is 2.22. The number of rotatable bonds is 4. The zero-order valence-electron chi connectivity index (χ0n) is 12.3. The molecule has 0 fully saturated rings. The van der Waals surface area contributed by atoms with E-state index in [-0.39, 0.29) is 11.4 Å². The summed E-state index contributed by atoms with van der Waals surface area (Å²) >= 11 is 0. The monoisotopic (exact) mass is 310 g/mol. The number of benzene rings is 2. The molecule has 1 amide bonds. The van der Waals surface area contributed by atoms with Crippen LogP contribution in [0.25, 0.3) is 10.8 Å². The number of nitrogens with zero attached hydrogens (tertiary/aromatic N) is 2. The third-order valence-electron chi connectivity index (χ3n) is 3.35. The van der Waals surface area contributed by atoms with Gasteiger partial charge in [-0.25, -0.2) is 5.43 Å². The summed E-state index contributed by atoms with van der Waals surface area (Å²) in [7, 11) is 1.58. The van der Waals surface area contributed by atoms with Crippen LogP contribution in [0.1, 0.15) is 15.9 Å². The van der Waals surface area contributed by atoms with Crippen molar-refractivity contribution in [2.24, 2.45) is 5.10 Å². The van der Waals surface area contributed by atoms with E-state index in [0.29, 0.717) is 5.75 Å². The number of ether oxygens (including phenoxy) is 1. The van der Waals surface area contributed by atoms with E-state index < -0.39 is 5.91 Å².